The first kappa shape index (κ1) is 14.0. The molecule has 0 aliphatic carbocycles. The van der Waals surface area contributed by atoms with Gasteiger partial charge in [-0.3, -0.25) is 4.90 Å². The third-order valence-electron chi connectivity index (χ3n) is 4.09. The van der Waals surface area contributed by atoms with E-state index in [-0.39, 0.29) is 0 Å². The van der Waals surface area contributed by atoms with Crippen molar-refractivity contribution in [3.63, 3.8) is 0 Å². The zero-order valence-electron chi connectivity index (χ0n) is 12.1. The van der Waals surface area contributed by atoms with Crippen LogP contribution in [0.2, 0.25) is 0 Å². The highest BCUT2D eigenvalue weighted by Gasteiger charge is 2.19. The average molecular weight is 289 g/mol. The Hall–Kier alpha value is -0.970. The van der Waals surface area contributed by atoms with Crippen LogP contribution in [0, 0.1) is 5.92 Å². The van der Waals surface area contributed by atoms with E-state index in [9.17, 15) is 0 Å². The van der Waals surface area contributed by atoms with Crippen LogP contribution in [-0.2, 0) is 6.54 Å². The number of nitrogens with zero attached hydrogens (tertiary/aromatic N) is 2. The summed E-state index contributed by atoms with van der Waals surface area (Å²) in [6.07, 6.45) is 2.63. The molecule has 1 N–H and O–H groups in total. The summed E-state index contributed by atoms with van der Waals surface area (Å²) in [7, 11) is 0. The second kappa shape index (κ2) is 6.66. The summed E-state index contributed by atoms with van der Waals surface area (Å²) < 4.78 is 1.31. The highest BCUT2D eigenvalue weighted by Crippen LogP contribution is 2.24. The fourth-order valence-electron chi connectivity index (χ4n) is 2.88. The van der Waals surface area contributed by atoms with Gasteiger partial charge in [-0.1, -0.05) is 19.1 Å². The highest BCUT2D eigenvalue weighted by molar-refractivity contribution is 7.18. The van der Waals surface area contributed by atoms with Gasteiger partial charge in [0.15, 0.2) is 0 Å². The summed E-state index contributed by atoms with van der Waals surface area (Å²) in [5.41, 5.74) is 1.15. The molecule has 0 radical (unpaired) electrons. The van der Waals surface area contributed by atoms with Crippen molar-refractivity contribution in [3.8, 4) is 0 Å². The molecule has 1 aliphatic rings. The Bertz CT molecular complexity index is 510. The molecule has 4 heteroatoms. The molecular weight excluding hydrogens is 266 g/mol. The quantitative estimate of drug-likeness (QED) is 0.916. The van der Waals surface area contributed by atoms with E-state index < -0.39 is 0 Å². The first-order chi connectivity index (χ1) is 9.85. The second-order valence-corrected chi connectivity index (χ2v) is 6.72. The number of rotatable bonds is 5. The molecule has 1 aromatic heterocycles. The van der Waals surface area contributed by atoms with Crippen molar-refractivity contribution in [2.45, 2.75) is 26.3 Å². The summed E-state index contributed by atoms with van der Waals surface area (Å²) in [5.74, 6) is 0.863. The van der Waals surface area contributed by atoms with Gasteiger partial charge in [0.25, 0.3) is 0 Å². The maximum atomic E-state index is 4.74. The Balaban J connectivity index is 1.54. The van der Waals surface area contributed by atoms with Crippen LogP contribution >= 0.6 is 11.3 Å². The smallest absolute Gasteiger partial charge is 0.108 e. The molecule has 0 amide bonds. The fourth-order valence-corrected chi connectivity index (χ4v) is 3.89. The van der Waals surface area contributed by atoms with Crippen LogP contribution in [0.4, 0.5) is 0 Å². The normalized spacial score (nSPS) is 17.9. The predicted molar refractivity (Wildman–Crippen MR) is 86.2 cm³/mol. The minimum Gasteiger partial charge on any atom is -0.317 e. The minimum atomic E-state index is 0.863. The van der Waals surface area contributed by atoms with Crippen LogP contribution < -0.4 is 5.32 Å². The molecule has 2 aromatic rings. The van der Waals surface area contributed by atoms with E-state index in [1.807, 2.05) is 11.3 Å². The van der Waals surface area contributed by atoms with Gasteiger partial charge in [-0.15, -0.1) is 11.3 Å². The maximum Gasteiger partial charge on any atom is 0.108 e. The molecule has 0 atom stereocenters. The van der Waals surface area contributed by atoms with Crippen molar-refractivity contribution >= 4 is 21.6 Å². The van der Waals surface area contributed by atoms with Gasteiger partial charge in [-0.05, 0) is 57.1 Å². The standard InChI is InChI=1S/C16H23N3S/c1-2-17-11-13-7-9-19(10-8-13)12-16-18-14-5-3-4-6-15(14)20-16/h3-6,13,17H,2,7-12H2,1H3. The summed E-state index contributed by atoms with van der Waals surface area (Å²) in [4.78, 5) is 7.30. The Kier molecular flexibility index (Phi) is 4.65. The Morgan fingerprint density at radius 3 is 2.85 bits per heavy atom. The summed E-state index contributed by atoms with van der Waals surface area (Å²) in [6.45, 7) is 7.91. The topological polar surface area (TPSA) is 28.2 Å². The number of likely N-dealkylation sites (tertiary alicyclic amines) is 1. The highest BCUT2D eigenvalue weighted by atomic mass is 32.1. The van der Waals surface area contributed by atoms with E-state index in [1.165, 1.54) is 42.2 Å². The van der Waals surface area contributed by atoms with Crippen LogP contribution in [0.15, 0.2) is 24.3 Å². The predicted octanol–water partition coefficient (Wildman–Crippen LogP) is 3.12. The van der Waals surface area contributed by atoms with Gasteiger partial charge in [0.05, 0.1) is 16.8 Å². The van der Waals surface area contributed by atoms with Crippen LogP contribution in [0.1, 0.15) is 24.8 Å². The number of aromatic nitrogens is 1. The summed E-state index contributed by atoms with van der Waals surface area (Å²) >= 11 is 1.84. The first-order valence-corrected chi connectivity index (χ1v) is 8.44. The summed E-state index contributed by atoms with van der Waals surface area (Å²) in [5, 5.41) is 4.73. The third kappa shape index (κ3) is 3.37. The zero-order valence-corrected chi connectivity index (χ0v) is 13.0. The van der Waals surface area contributed by atoms with Crippen molar-refractivity contribution < 1.29 is 0 Å². The molecule has 0 saturated carbocycles. The van der Waals surface area contributed by atoms with Crippen molar-refractivity contribution in [1.29, 1.82) is 0 Å². The van der Waals surface area contributed by atoms with Gasteiger partial charge in [0, 0.05) is 0 Å². The van der Waals surface area contributed by atoms with Gasteiger partial charge < -0.3 is 5.32 Å². The van der Waals surface area contributed by atoms with Crippen LogP contribution in [0.5, 0.6) is 0 Å². The lowest BCUT2D eigenvalue weighted by molar-refractivity contribution is 0.176. The molecule has 1 aromatic carbocycles. The minimum absolute atomic E-state index is 0.863. The molecule has 108 valence electrons. The van der Waals surface area contributed by atoms with E-state index in [2.05, 4.69) is 41.4 Å². The number of hydrogen-bond donors (Lipinski definition) is 1. The number of thiazole rings is 1. The number of nitrogens with one attached hydrogen (secondary N) is 1. The SMILES string of the molecule is CCNCC1CCN(Cc2nc3ccccc3s2)CC1. The molecule has 0 unspecified atom stereocenters. The van der Waals surface area contributed by atoms with Gasteiger partial charge in [0.2, 0.25) is 0 Å². The lowest BCUT2D eigenvalue weighted by atomic mass is 9.97. The Labute approximate surface area is 125 Å². The molecule has 0 bridgehead atoms. The zero-order chi connectivity index (χ0) is 13.8. The van der Waals surface area contributed by atoms with E-state index in [1.54, 1.807) is 0 Å². The van der Waals surface area contributed by atoms with E-state index in [0.717, 1.165) is 24.5 Å². The number of para-hydroxylation sites is 1. The average Bonchev–Trinajstić information content (AvgIpc) is 2.89. The van der Waals surface area contributed by atoms with Crippen molar-refractivity contribution in [2.24, 2.45) is 5.92 Å². The monoisotopic (exact) mass is 289 g/mol. The molecular formula is C16H23N3S. The van der Waals surface area contributed by atoms with E-state index in [4.69, 9.17) is 4.98 Å². The molecule has 1 fully saturated rings. The van der Waals surface area contributed by atoms with Gasteiger partial charge in [-0.2, -0.15) is 0 Å². The van der Waals surface area contributed by atoms with Gasteiger partial charge in [0.1, 0.15) is 5.01 Å². The number of hydrogen-bond acceptors (Lipinski definition) is 4. The van der Waals surface area contributed by atoms with Crippen molar-refractivity contribution in [3.05, 3.63) is 29.3 Å². The molecule has 3 nitrogen and oxygen atoms in total. The van der Waals surface area contributed by atoms with Gasteiger partial charge >= 0.3 is 0 Å². The largest absolute Gasteiger partial charge is 0.317 e. The number of piperidine rings is 1. The Morgan fingerprint density at radius 2 is 2.10 bits per heavy atom. The van der Waals surface area contributed by atoms with Crippen LogP contribution in [0.25, 0.3) is 10.2 Å². The summed E-state index contributed by atoms with van der Waals surface area (Å²) in [6, 6.07) is 8.44. The number of fused-ring (bicyclic) bond motifs is 1. The molecule has 20 heavy (non-hydrogen) atoms. The number of benzene rings is 1. The third-order valence-corrected chi connectivity index (χ3v) is 5.11. The molecule has 1 aliphatic heterocycles. The molecule has 3 rings (SSSR count). The van der Waals surface area contributed by atoms with Crippen molar-refractivity contribution in [1.82, 2.24) is 15.2 Å². The van der Waals surface area contributed by atoms with E-state index in [0.29, 0.717) is 0 Å². The lowest BCUT2D eigenvalue weighted by Gasteiger charge is -2.31. The van der Waals surface area contributed by atoms with Crippen LogP contribution in [0.3, 0.4) is 0 Å². The molecule has 2 heterocycles. The maximum absolute atomic E-state index is 4.74. The second-order valence-electron chi connectivity index (χ2n) is 5.60. The van der Waals surface area contributed by atoms with Gasteiger partial charge in [-0.25, -0.2) is 4.98 Å². The van der Waals surface area contributed by atoms with Crippen molar-refractivity contribution in [2.75, 3.05) is 26.2 Å². The fraction of sp³-hybridized carbons (Fsp3) is 0.562. The first-order valence-electron chi connectivity index (χ1n) is 7.62. The Morgan fingerprint density at radius 1 is 1.30 bits per heavy atom. The molecule has 1 saturated heterocycles. The molecule has 0 spiro atoms. The lowest BCUT2D eigenvalue weighted by Crippen LogP contribution is -2.36. The van der Waals surface area contributed by atoms with E-state index >= 15 is 0 Å². The van der Waals surface area contributed by atoms with Crippen LogP contribution in [-0.4, -0.2) is 36.1 Å².